The Balaban J connectivity index is 1.38. The van der Waals surface area contributed by atoms with Gasteiger partial charge in [-0.15, -0.1) is 0 Å². The maximum absolute atomic E-state index is 13.2. The van der Waals surface area contributed by atoms with Gasteiger partial charge in [-0.3, -0.25) is 33.8 Å². The Kier molecular flexibility index (Phi) is 8.52. The standard InChI is InChI=1S/C26H32N4O8/c1-3-18(27-22(32)19(4-2)28-11-13-37-14-12-28)26(36)38-15-29-21(31)10-9-20(25(29)35)30-23(33)16-7-5-6-8-17(16)24(30)34/h5-8,18-20H,3-4,9-15H2,1-2H3,(H,27,32). The van der Waals surface area contributed by atoms with Crippen molar-refractivity contribution in [3.63, 3.8) is 0 Å². The summed E-state index contributed by atoms with van der Waals surface area (Å²) in [7, 11) is 0. The molecule has 1 N–H and O–H groups in total. The second kappa shape index (κ2) is 11.8. The van der Waals surface area contributed by atoms with Gasteiger partial charge in [0.05, 0.1) is 30.4 Å². The number of carbonyl (C=O) groups excluding carboxylic acids is 6. The summed E-state index contributed by atoms with van der Waals surface area (Å²) in [5, 5.41) is 2.72. The summed E-state index contributed by atoms with van der Waals surface area (Å²) in [5.74, 6) is -3.68. The number of imide groups is 2. The lowest BCUT2D eigenvalue weighted by Crippen LogP contribution is -2.57. The second-order valence-corrected chi connectivity index (χ2v) is 9.37. The average molecular weight is 529 g/mol. The van der Waals surface area contributed by atoms with E-state index >= 15 is 0 Å². The van der Waals surface area contributed by atoms with Crippen LogP contribution in [0.1, 0.15) is 60.2 Å². The van der Waals surface area contributed by atoms with Gasteiger partial charge >= 0.3 is 5.97 Å². The fourth-order valence-corrected chi connectivity index (χ4v) is 5.01. The van der Waals surface area contributed by atoms with Crippen LogP contribution in [0.4, 0.5) is 0 Å². The minimum atomic E-state index is -1.18. The van der Waals surface area contributed by atoms with Gasteiger partial charge in [-0.1, -0.05) is 26.0 Å². The van der Waals surface area contributed by atoms with Gasteiger partial charge < -0.3 is 14.8 Å². The van der Waals surface area contributed by atoms with Crippen molar-refractivity contribution in [1.29, 1.82) is 0 Å². The lowest BCUT2D eigenvalue weighted by Gasteiger charge is -2.34. The minimum Gasteiger partial charge on any atom is -0.442 e. The highest BCUT2D eigenvalue weighted by Crippen LogP contribution is 2.29. The fraction of sp³-hybridized carbons (Fsp3) is 0.538. The zero-order chi connectivity index (χ0) is 27.4. The molecule has 0 radical (unpaired) electrons. The monoisotopic (exact) mass is 528 g/mol. The molecule has 2 fully saturated rings. The molecule has 5 amide bonds. The van der Waals surface area contributed by atoms with Gasteiger partial charge in [0.1, 0.15) is 12.1 Å². The van der Waals surface area contributed by atoms with Gasteiger partial charge in [-0.05, 0) is 31.4 Å². The summed E-state index contributed by atoms with van der Waals surface area (Å²) in [4.78, 5) is 80.7. The van der Waals surface area contributed by atoms with Crippen molar-refractivity contribution in [2.75, 3.05) is 33.0 Å². The first-order valence-corrected chi connectivity index (χ1v) is 12.9. The van der Waals surface area contributed by atoms with Crippen LogP contribution in [0.5, 0.6) is 0 Å². The second-order valence-electron chi connectivity index (χ2n) is 9.37. The van der Waals surface area contributed by atoms with Crippen LogP contribution in [-0.2, 0) is 28.7 Å². The summed E-state index contributed by atoms with van der Waals surface area (Å²) < 4.78 is 10.6. The van der Waals surface area contributed by atoms with Crippen LogP contribution in [0.3, 0.4) is 0 Å². The predicted molar refractivity (Wildman–Crippen MR) is 131 cm³/mol. The van der Waals surface area contributed by atoms with Crippen molar-refractivity contribution in [2.45, 2.75) is 57.7 Å². The van der Waals surface area contributed by atoms with Gasteiger partial charge in [-0.2, -0.15) is 0 Å². The van der Waals surface area contributed by atoms with E-state index in [1.54, 1.807) is 19.1 Å². The summed E-state index contributed by atoms with van der Waals surface area (Å²) >= 11 is 0. The molecule has 3 aliphatic rings. The number of amides is 5. The van der Waals surface area contributed by atoms with E-state index in [1.165, 1.54) is 12.1 Å². The van der Waals surface area contributed by atoms with Gasteiger partial charge in [0.15, 0.2) is 6.73 Å². The Morgan fingerprint density at radius 3 is 2.24 bits per heavy atom. The highest BCUT2D eigenvalue weighted by Gasteiger charge is 2.47. The normalized spacial score (nSPS) is 21.8. The smallest absolute Gasteiger partial charge is 0.330 e. The number of rotatable bonds is 9. The average Bonchev–Trinajstić information content (AvgIpc) is 3.18. The van der Waals surface area contributed by atoms with Gasteiger partial charge in [0.25, 0.3) is 17.7 Å². The fourth-order valence-electron chi connectivity index (χ4n) is 5.01. The molecule has 204 valence electrons. The number of carbonyl (C=O) groups is 6. The quantitative estimate of drug-likeness (QED) is 0.354. The molecule has 12 nitrogen and oxygen atoms in total. The van der Waals surface area contributed by atoms with Crippen molar-refractivity contribution >= 4 is 35.5 Å². The summed E-state index contributed by atoms with van der Waals surface area (Å²) in [6.45, 7) is 5.20. The molecule has 3 heterocycles. The molecule has 0 saturated carbocycles. The molecule has 1 aromatic carbocycles. The molecule has 3 aliphatic heterocycles. The van der Waals surface area contributed by atoms with E-state index in [1.807, 2.05) is 11.8 Å². The maximum Gasteiger partial charge on any atom is 0.330 e. The SMILES string of the molecule is CCC(NC(=O)C(CC)N1CCOCC1)C(=O)OCN1C(=O)CCC(N2C(=O)c3ccccc3C2=O)C1=O. The molecule has 3 unspecified atom stereocenters. The molecule has 3 atom stereocenters. The minimum absolute atomic E-state index is 0.0127. The Bertz CT molecular complexity index is 1100. The first kappa shape index (κ1) is 27.4. The molecule has 1 aromatic rings. The third-order valence-corrected chi connectivity index (χ3v) is 7.14. The molecule has 0 aliphatic carbocycles. The molecular formula is C26H32N4O8. The van der Waals surface area contributed by atoms with Gasteiger partial charge in [0.2, 0.25) is 11.8 Å². The molecule has 38 heavy (non-hydrogen) atoms. The number of esters is 1. The van der Waals surface area contributed by atoms with Crippen molar-refractivity contribution < 1.29 is 38.2 Å². The van der Waals surface area contributed by atoms with Crippen molar-refractivity contribution in [3.8, 4) is 0 Å². The molecule has 0 spiro atoms. The highest BCUT2D eigenvalue weighted by atomic mass is 16.5. The number of benzene rings is 1. The predicted octanol–water partition coefficient (Wildman–Crippen LogP) is 0.307. The number of likely N-dealkylation sites (tertiary alicyclic amines) is 1. The first-order valence-electron chi connectivity index (χ1n) is 12.9. The van der Waals surface area contributed by atoms with Crippen LogP contribution in [0, 0.1) is 0 Å². The van der Waals surface area contributed by atoms with Crippen LogP contribution < -0.4 is 5.32 Å². The van der Waals surface area contributed by atoms with Gasteiger partial charge in [0, 0.05) is 19.5 Å². The van der Waals surface area contributed by atoms with Crippen LogP contribution >= 0.6 is 0 Å². The highest BCUT2D eigenvalue weighted by molar-refractivity contribution is 6.23. The van der Waals surface area contributed by atoms with Crippen LogP contribution in [-0.4, -0.2) is 101 Å². The van der Waals surface area contributed by atoms with Crippen molar-refractivity contribution in [3.05, 3.63) is 35.4 Å². The summed E-state index contributed by atoms with van der Waals surface area (Å²) in [6, 6.07) is 3.69. The number of nitrogens with one attached hydrogen (secondary N) is 1. The van der Waals surface area contributed by atoms with E-state index in [2.05, 4.69) is 5.32 Å². The van der Waals surface area contributed by atoms with E-state index in [-0.39, 0.29) is 36.3 Å². The van der Waals surface area contributed by atoms with E-state index in [0.29, 0.717) is 32.7 Å². The molecular weight excluding hydrogens is 496 g/mol. The number of morpholine rings is 1. The summed E-state index contributed by atoms with van der Waals surface area (Å²) in [5.41, 5.74) is 0.397. The Hall–Kier alpha value is -3.64. The largest absolute Gasteiger partial charge is 0.442 e. The van der Waals surface area contributed by atoms with Crippen molar-refractivity contribution in [1.82, 2.24) is 20.0 Å². The summed E-state index contributed by atoms with van der Waals surface area (Å²) in [6.07, 6.45) is 0.672. The third kappa shape index (κ3) is 5.32. The lowest BCUT2D eigenvalue weighted by molar-refractivity contribution is -0.165. The lowest BCUT2D eigenvalue weighted by atomic mass is 10.0. The van der Waals surface area contributed by atoms with E-state index in [0.717, 1.165) is 9.80 Å². The zero-order valence-electron chi connectivity index (χ0n) is 21.5. The van der Waals surface area contributed by atoms with Crippen LogP contribution in [0.25, 0.3) is 0 Å². The third-order valence-electron chi connectivity index (χ3n) is 7.14. The molecule has 4 rings (SSSR count). The number of hydrogen-bond donors (Lipinski definition) is 1. The molecule has 12 heteroatoms. The maximum atomic E-state index is 13.2. The van der Waals surface area contributed by atoms with Crippen LogP contribution in [0.15, 0.2) is 24.3 Å². The van der Waals surface area contributed by atoms with E-state index < -0.39 is 54.5 Å². The molecule has 0 bridgehead atoms. The Morgan fingerprint density at radius 1 is 1.03 bits per heavy atom. The first-order chi connectivity index (χ1) is 18.3. The number of hydrogen-bond acceptors (Lipinski definition) is 9. The van der Waals surface area contributed by atoms with Gasteiger partial charge in [-0.25, -0.2) is 9.69 Å². The van der Waals surface area contributed by atoms with Crippen LogP contribution in [0.2, 0.25) is 0 Å². The number of piperidine rings is 1. The topological polar surface area (TPSA) is 143 Å². The van der Waals surface area contributed by atoms with E-state index in [4.69, 9.17) is 9.47 Å². The number of fused-ring (bicyclic) bond motifs is 1. The molecule has 2 saturated heterocycles. The number of nitrogens with zero attached hydrogens (tertiary/aromatic N) is 3. The Morgan fingerprint density at radius 2 is 1.66 bits per heavy atom. The Labute approximate surface area is 220 Å². The van der Waals surface area contributed by atoms with E-state index in [9.17, 15) is 28.8 Å². The van der Waals surface area contributed by atoms with Crippen molar-refractivity contribution in [2.24, 2.45) is 0 Å². The molecule has 0 aromatic heterocycles. The zero-order valence-corrected chi connectivity index (χ0v) is 21.5. The number of ether oxygens (including phenoxy) is 2.